The molecule has 0 fully saturated rings. The summed E-state index contributed by atoms with van der Waals surface area (Å²) >= 11 is 0. The Morgan fingerprint density at radius 2 is 1.81 bits per heavy atom. The zero-order valence-corrected chi connectivity index (χ0v) is 15.6. The van der Waals surface area contributed by atoms with Crippen LogP contribution in [-0.4, -0.2) is 20.6 Å². The molecule has 0 N–H and O–H groups in total. The highest BCUT2D eigenvalue weighted by molar-refractivity contribution is 5.66. The van der Waals surface area contributed by atoms with Crippen LogP contribution in [0.25, 0.3) is 22.6 Å². The predicted octanol–water partition coefficient (Wildman–Crippen LogP) is 4.17. The quantitative estimate of drug-likeness (QED) is 0.549. The SMILES string of the molecule is CCOc1ccc(-n2ccn3cc(-c4cc(C)ccc4C)nc3c2=O)cc1. The van der Waals surface area contributed by atoms with Gasteiger partial charge in [-0.3, -0.25) is 9.36 Å². The second-order valence-corrected chi connectivity index (χ2v) is 6.58. The predicted molar refractivity (Wildman–Crippen MR) is 107 cm³/mol. The molecular weight excluding hydrogens is 338 g/mol. The zero-order valence-electron chi connectivity index (χ0n) is 15.6. The van der Waals surface area contributed by atoms with Crippen LogP contribution in [0.2, 0.25) is 0 Å². The lowest BCUT2D eigenvalue weighted by molar-refractivity contribution is 0.340. The molecule has 4 aromatic rings. The van der Waals surface area contributed by atoms with E-state index in [0.717, 1.165) is 28.3 Å². The van der Waals surface area contributed by atoms with Gasteiger partial charge in [-0.25, -0.2) is 4.98 Å². The Labute approximate surface area is 157 Å². The molecule has 0 aliphatic rings. The Hall–Kier alpha value is -3.34. The van der Waals surface area contributed by atoms with Gasteiger partial charge in [-0.2, -0.15) is 0 Å². The van der Waals surface area contributed by atoms with E-state index in [-0.39, 0.29) is 5.56 Å². The highest BCUT2D eigenvalue weighted by Crippen LogP contribution is 2.23. The maximum atomic E-state index is 13.0. The van der Waals surface area contributed by atoms with E-state index >= 15 is 0 Å². The lowest BCUT2D eigenvalue weighted by Crippen LogP contribution is -2.19. The molecule has 0 saturated heterocycles. The molecule has 0 aliphatic carbocycles. The summed E-state index contributed by atoms with van der Waals surface area (Å²) in [4.78, 5) is 17.6. The van der Waals surface area contributed by atoms with Gasteiger partial charge in [0.05, 0.1) is 12.3 Å². The first-order valence-electron chi connectivity index (χ1n) is 8.98. The molecule has 27 heavy (non-hydrogen) atoms. The third-order valence-corrected chi connectivity index (χ3v) is 4.61. The molecule has 2 aromatic heterocycles. The van der Waals surface area contributed by atoms with Gasteiger partial charge in [0.25, 0.3) is 5.56 Å². The van der Waals surface area contributed by atoms with Crippen molar-refractivity contribution in [2.24, 2.45) is 0 Å². The Bertz CT molecular complexity index is 1170. The molecule has 0 unspecified atom stereocenters. The van der Waals surface area contributed by atoms with E-state index in [9.17, 15) is 4.79 Å². The van der Waals surface area contributed by atoms with Gasteiger partial charge < -0.3 is 9.14 Å². The van der Waals surface area contributed by atoms with Crippen molar-refractivity contribution in [2.45, 2.75) is 20.8 Å². The molecule has 0 atom stereocenters. The van der Waals surface area contributed by atoms with E-state index in [2.05, 4.69) is 37.0 Å². The molecule has 0 amide bonds. The first-order valence-corrected chi connectivity index (χ1v) is 8.98. The lowest BCUT2D eigenvalue weighted by Gasteiger charge is -2.07. The summed E-state index contributed by atoms with van der Waals surface area (Å²) in [5.74, 6) is 0.786. The Kier molecular flexibility index (Phi) is 4.28. The number of ether oxygens (including phenoxy) is 1. The summed E-state index contributed by atoms with van der Waals surface area (Å²) in [6.07, 6.45) is 5.52. The van der Waals surface area contributed by atoms with Crippen LogP contribution in [-0.2, 0) is 0 Å². The monoisotopic (exact) mass is 359 g/mol. The minimum Gasteiger partial charge on any atom is -0.494 e. The van der Waals surface area contributed by atoms with E-state index in [1.807, 2.05) is 43.6 Å². The number of aryl methyl sites for hydroxylation is 2. The second kappa shape index (κ2) is 6.76. The number of benzene rings is 2. The molecular formula is C22H21N3O2. The van der Waals surface area contributed by atoms with E-state index in [1.54, 1.807) is 15.2 Å². The van der Waals surface area contributed by atoms with Gasteiger partial charge in [0.1, 0.15) is 5.75 Å². The summed E-state index contributed by atoms with van der Waals surface area (Å²) < 4.78 is 8.85. The number of hydrogen-bond donors (Lipinski definition) is 0. The molecule has 5 heteroatoms. The average Bonchev–Trinajstić information content (AvgIpc) is 3.10. The molecule has 2 heterocycles. The van der Waals surface area contributed by atoms with E-state index in [1.165, 1.54) is 5.56 Å². The number of fused-ring (bicyclic) bond motifs is 1. The summed E-state index contributed by atoms with van der Waals surface area (Å²) in [7, 11) is 0. The van der Waals surface area contributed by atoms with E-state index in [4.69, 9.17) is 4.74 Å². The van der Waals surface area contributed by atoms with Crippen LogP contribution in [0.15, 0.2) is 65.8 Å². The zero-order chi connectivity index (χ0) is 19.0. The molecule has 5 nitrogen and oxygen atoms in total. The first-order chi connectivity index (χ1) is 13.1. The highest BCUT2D eigenvalue weighted by Gasteiger charge is 2.12. The smallest absolute Gasteiger partial charge is 0.298 e. The normalized spacial score (nSPS) is 11.1. The van der Waals surface area contributed by atoms with E-state index in [0.29, 0.717) is 12.3 Å². The fourth-order valence-electron chi connectivity index (χ4n) is 3.19. The second-order valence-electron chi connectivity index (χ2n) is 6.58. The Morgan fingerprint density at radius 3 is 2.56 bits per heavy atom. The van der Waals surface area contributed by atoms with Crippen molar-refractivity contribution in [1.29, 1.82) is 0 Å². The Balaban J connectivity index is 1.81. The minimum atomic E-state index is -0.154. The number of hydrogen-bond acceptors (Lipinski definition) is 3. The molecule has 4 rings (SSSR count). The number of rotatable bonds is 4. The number of imidazole rings is 1. The molecule has 136 valence electrons. The Morgan fingerprint density at radius 1 is 1.04 bits per heavy atom. The largest absolute Gasteiger partial charge is 0.494 e. The molecule has 0 spiro atoms. The number of aromatic nitrogens is 3. The van der Waals surface area contributed by atoms with E-state index < -0.39 is 0 Å². The van der Waals surface area contributed by atoms with Crippen LogP contribution >= 0.6 is 0 Å². The van der Waals surface area contributed by atoms with Crippen molar-refractivity contribution >= 4 is 5.65 Å². The first kappa shape index (κ1) is 17.1. The average molecular weight is 359 g/mol. The summed E-state index contributed by atoms with van der Waals surface area (Å²) in [6.45, 7) is 6.66. The van der Waals surface area contributed by atoms with Gasteiger partial charge in [0.2, 0.25) is 5.65 Å². The standard InChI is InChI=1S/C22H21N3O2/c1-4-27-18-9-7-17(8-10-18)25-12-11-24-14-20(23-21(24)22(25)26)19-13-15(2)5-6-16(19)3/h5-14H,4H2,1-3H3. The maximum Gasteiger partial charge on any atom is 0.298 e. The lowest BCUT2D eigenvalue weighted by atomic mass is 10.0. The van der Waals surface area contributed by atoms with Gasteiger partial charge in [0, 0.05) is 29.8 Å². The van der Waals surface area contributed by atoms with Crippen LogP contribution in [0.1, 0.15) is 18.1 Å². The molecule has 0 saturated carbocycles. The highest BCUT2D eigenvalue weighted by atomic mass is 16.5. The fraction of sp³-hybridized carbons (Fsp3) is 0.182. The van der Waals surface area contributed by atoms with Crippen LogP contribution < -0.4 is 10.3 Å². The van der Waals surface area contributed by atoms with Crippen LogP contribution in [0.4, 0.5) is 0 Å². The van der Waals surface area contributed by atoms with Crippen LogP contribution in [0.3, 0.4) is 0 Å². The van der Waals surface area contributed by atoms with Gasteiger partial charge in [0.15, 0.2) is 0 Å². The third-order valence-electron chi connectivity index (χ3n) is 4.61. The molecule has 0 bridgehead atoms. The van der Waals surface area contributed by atoms with Gasteiger partial charge in [-0.15, -0.1) is 0 Å². The molecule has 0 radical (unpaired) electrons. The van der Waals surface area contributed by atoms with Crippen LogP contribution in [0.5, 0.6) is 5.75 Å². The van der Waals surface area contributed by atoms with Crippen molar-refractivity contribution in [3.63, 3.8) is 0 Å². The third kappa shape index (κ3) is 3.12. The van der Waals surface area contributed by atoms with Crippen molar-refractivity contribution in [3.05, 3.63) is 82.5 Å². The summed E-state index contributed by atoms with van der Waals surface area (Å²) in [6, 6.07) is 13.7. The fourth-order valence-corrected chi connectivity index (χ4v) is 3.19. The van der Waals surface area contributed by atoms with Crippen molar-refractivity contribution in [2.75, 3.05) is 6.61 Å². The molecule has 2 aromatic carbocycles. The van der Waals surface area contributed by atoms with Crippen molar-refractivity contribution in [1.82, 2.24) is 14.0 Å². The topological polar surface area (TPSA) is 48.5 Å². The summed E-state index contributed by atoms with van der Waals surface area (Å²) in [5.41, 5.74) is 5.18. The van der Waals surface area contributed by atoms with Crippen molar-refractivity contribution in [3.8, 4) is 22.7 Å². The van der Waals surface area contributed by atoms with Gasteiger partial charge >= 0.3 is 0 Å². The van der Waals surface area contributed by atoms with Gasteiger partial charge in [-0.1, -0.05) is 17.7 Å². The van der Waals surface area contributed by atoms with Crippen molar-refractivity contribution < 1.29 is 4.74 Å². The number of nitrogens with zero attached hydrogens (tertiary/aromatic N) is 3. The summed E-state index contributed by atoms with van der Waals surface area (Å²) in [5, 5.41) is 0. The van der Waals surface area contributed by atoms with Gasteiger partial charge in [-0.05, 0) is 56.7 Å². The maximum absolute atomic E-state index is 13.0. The van der Waals surface area contributed by atoms with Crippen LogP contribution in [0, 0.1) is 13.8 Å². The molecule has 0 aliphatic heterocycles. The minimum absolute atomic E-state index is 0.154.